The smallest absolute Gasteiger partial charge is 0.237 e. The Kier molecular flexibility index (Phi) is 4.90. The first kappa shape index (κ1) is 17.3. The Hall–Kier alpha value is -1.49. The molecule has 0 aliphatic carbocycles. The number of piperidine rings is 1. The van der Waals surface area contributed by atoms with Crippen LogP contribution in [0.25, 0.3) is 0 Å². The quantitative estimate of drug-likeness (QED) is 0.855. The number of carbonyl (C=O) groups excluding carboxylic acids is 1. The summed E-state index contributed by atoms with van der Waals surface area (Å²) in [7, 11) is 0. The van der Waals surface area contributed by atoms with E-state index in [2.05, 4.69) is 37.6 Å². The maximum absolute atomic E-state index is 12.8. The second kappa shape index (κ2) is 6.79. The predicted molar refractivity (Wildman–Crippen MR) is 94.5 cm³/mol. The van der Waals surface area contributed by atoms with Gasteiger partial charge in [0.25, 0.3) is 0 Å². The van der Waals surface area contributed by atoms with Crippen LogP contribution in [0.5, 0.6) is 0 Å². The van der Waals surface area contributed by atoms with Crippen molar-refractivity contribution in [1.29, 1.82) is 0 Å². The van der Waals surface area contributed by atoms with E-state index in [9.17, 15) is 4.79 Å². The zero-order valence-corrected chi connectivity index (χ0v) is 15.5. The highest BCUT2D eigenvalue weighted by atomic mass is 16.2. The van der Waals surface area contributed by atoms with Crippen molar-refractivity contribution >= 4 is 5.91 Å². The van der Waals surface area contributed by atoms with Crippen LogP contribution in [0.3, 0.4) is 0 Å². The summed E-state index contributed by atoms with van der Waals surface area (Å²) in [5, 5.41) is 0. The minimum Gasteiger partial charge on any atom is -0.331 e. The van der Waals surface area contributed by atoms with E-state index in [1.165, 1.54) is 19.3 Å². The first-order valence-corrected chi connectivity index (χ1v) is 9.25. The molecule has 0 bridgehead atoms. The number of carbonyl (C=O) groups is 1. The topological polar surface area (TPSA) is 49.3 Å². The molecule has 0 aromatic carbocycles. The Bertz CT molecular complexity index is 608. The maximum atomic E-state index is 12.8. The van der Waals surface area contributed by atoms with Gasteiger partial charge in [0.2, 0.25) is 5.91 Å². The van der Waals surface area contributed by atoms with Gasteiger partial charge in [0.15, 0.2) is 0 Å². The van der Waals surface area contributed by atoms with Crippen LogP contribution in [0.1, 0.15) is 70.5 Å². The zero-order valence-electron chi connectivity index (χ0n) is 15.5. The van der Waals surface area contributed by atoms with Gasteiger partial charge in [-0.05, 0) is 25.8 Å². The lowest BCUT2D eigenvalue weighted by molar-refractivity contribution is -0.134. The molecule has 1 atom stereocenters. The third-order valence-electron chi connectivity index (χ3n) is 5.24. The van der Waals surface area contributed by atoms with Crippen LogP contribution < -0.4 is 0 Å². The monoisotopic (exact) mass is 330 g/mol. The predicted octanol–water partition coefficient (Wildman–Crippen LogP) is 2.88. The fraction of sp³-hybridized carbons (Fsp3) is 0.737. The third kappa shape index (κ3) is 3.61. The fourth-order valence-corrected chi connectivity index (χ4v) is 3.70. The van der Waals surface area contributed by atoms with Gasteiger partial charge in [0, 0.05) is 29.8 Å². The number of rotatable bonds is 3. The van der Waals surface area contributed by atoms with Gasteiger partial charge in [-0.2, -0.15) is 0 Å². The van der Waals surface area contributed by atoms with Crippen LogP contribution in [-0.2, 0) is 23.3 Å². The van der Waals surface area contributed by atoms with E-state index >= 15 is 0 Å². The molecule has 1 saturated heterocycles. The van der Waals surface area contributed by atoms with Crippen LogP contribution in [0.4, 0.5) is 0 Å². The molecule has 0 N–H and O–H groups in total. The standard InChI is InChI=1S/C19H30N4O/c1-5-15-8-6-7-9-22(15)13-17(24)23-11-14-10-20-18(19(2,3)4)21-16(14)12-23/h10,15H,5-9,11-13H2,1-4H3/t15-/m0/s1. The fourth-order valence-electron chi connectivity index (χ4n) is 3.70. The van der Waals surface area contributed by atoms with E-state index in [4.69, 9.17) is 4.98 Å². The van der Waals surface area contributed by atoms with E-state index in [-0.39, 0.29) is 11.3 Å². The molecular weight excluding hydrogens is 300 g/mol. The molecule has 0 spiro atoms. The van der Waals surface area contributed by atoms with Crippen LogP contribution >= 0.6 is 0 Å². The van der Waals surface area contributed by atoms with Crippen molar-refractivity contribution in [2.45, 2.75) is 77.9 Å². The van der Waals surface area contributed by atoms with Crippen LogP contribution in [0.2, 0.25) is 0 Å². The largest absolute Gasteiger partial charge is 0.331 e. The van der Waals surface area contributed by atoms with E-state index < -0.39 is 0 Å². The van der Waals surface area contributed by atoms with Gasteiger partial charge in [-0.3, -0.25) is 9.69 Å². The Labute approximate surface area is 145 Å². The highest BCUT2D eigenvalue weighted by Crippen LogP contribution is 2.25. The molecule has 2 aliphatic rings. The minimum absolute atomic E-state index is 0.0609. The van der Waals surface area contributed by atoms with Gasteiger partial charge in [0.1, 0.15) is 5.82 Å². The Balaban J connectivity index is 1.65. The number of fused-ring (bicyclic) bond motifs is 1. The molecule has 132 valence electrons. The summed E-state index contributed by atoms with van der Waals surface area (Å²) < 4.78 is 0. The van der Waals surface area contributed by atoms with Crippen molar-refractivity contribution in [3.8, 4) is 0 Å². The lowest BCUT2D eigenvalue weighted by Crippen LogP contribution is -2.45. The summed E-state index contributed by atoms with van der Waals surface area (Å²) in [6.45, 7) is 11.5. The number of aromatic nitrogens is 2. The number of hydrogen-bond acceptors (Lipinski definition) is 4. The Morgan fingerprint density at radius 1 is 1.29 bits per heavy atom. The number of amides is 1. The second-order valence-corrected chi connectivity index (χ2v) is 8.19. The van der Waals surface area contributed by atoms with Crippen molar-refractivity contribution < 1.29 is 4.79 Å². The van der Waals surface area contributed by atoms with E-state index in [0.29, 0.717) is 25.7 Å². The second-order valence-electron chi connectivity index (χ2n) is 8.19. The van der Waals surface area contributed by atoms with Gasteiger partial charge in [0.05, 0.1) is 18.8 Å². The molecule has 3 heterocycles. The van der Waals surface area contributed by atoms with Crippen LogP contribution in [0, 0.1) is 0 Å². The molecular formula is C19H30N4O. The lowest BCUT2D eigenvalue weighted by Gasteiger charge is -2.35. The SMILES string of the molecule is CC[C@H]1CCCCN1CC(=O)N1Cc2cnc(C(C)(C)C)nc2C1. The maximum Gasteiger partial charge on any atom is 0.237 e. The highest BCUT2D eigenvalue weighted by molar-refractivity contribution is 5.79. The number of likely N-dealkylation sites (tertiary alicyclic amines) is 1. The normalized spacial score (nSPS) is 21.8. The molecule has 0 unspecified atom stereocenters. The Morgan fingerprint density at radius 2 is 2.08 bits per heavy atom. The van der Waals surface area contributed by atoms with E-state index in [0.717, 1.165) is 30.0 Å². The summed E-state index contributed by atoms with van der Waals surface area (Å²) in [5.41, 5.74) is 2.06. The molecule has 0 saturated carbocycles. The average Bonchev–Trinajstić information content (AvgIpc) is 2.97. The molecule has 3 rings (SSSR count). The molecule has 1 amide bonds. The van der Waals surface area contributed by atoms with Gasteiger partial charge in [-0.15, -0.1) is 0 Å². The molecule has 5 nitrogen and oxygen atoms in total. The van der Waals surface area contributed by atoms with Crippen molar-refractivity contribution in [3.05, 3.63) is 23.3 Å². The first-order valence-electron chi connectivity index (χ1n) is 9.25. The molecule has 1 fully saturated rings. The van der Waals surface area contributed by atoms with Gasteiger partial charge in [-0.1, -0.05) is 34.1 Å². The van der Waals surface area contributed by atoms with Gasteiger partial charge in [-0.25, -0.2) is 9.97 Å². The van der Waals surface area contributed by atoms with Gasteiger partial charge >= 0.3 is 0 Å². The lowest BCUT2D eigenvalue weighted by atomic mass is 9.95. The average molecular weight is 330 g/mol. The summed E-state index contributed by atoms with van der Waals surface area (Å²) in [5.74, 6) is 1.09. The van der Waals surface area contributed by atoms with Crippen LogP contribution in [-0.4, -0.2) is 44.8 Å². The summed E-state index contributed by atoms with van der Waals surface area (Å²) in [6.07, 6.45) is 6.78. The number of nitrogens with zero attached hydrogens (tertiary/aromatic N) is 4. The van der Waals surface area contributed by atoms with Crippen molar-refractivity contribution in [2.75, 3.05) is 13.1 Å². The minimum atomic E-state index is -0.0609. The van der Waals surface area contributed by atoms with E-state index in [1.807, 2.05) is 11.1 Å². The van der Waals surface area contributed by atoms with Crippen molar-refractivity contribution in [3.63, 3.8) is 0 Å². The molecule has 1 aromatic heterocycles. The van der Waals surface area contributed by atoms with Crippen molar-refractivity contribution in [1.82, 2.24) is 19.8 Å². The summed E-state index contributed by atoms with van der Waals surface area (Å²) in [6, 6.07) is 0.569. The molecule has 5 heteroatoms. The third-order valence-corrected chi connectivity index (χ3v) is 5.24. The van der Waals surface area contributed by atoms with E-state index in [1.54, 1.807) is 0 Å². The molecule has 24 heavy (non-hydrogen) atoms. The summed E-state index contributed by atoms with van der Waals surface area (Å²) in [4.78, 5) is 26.3. The number of hydrogen-bond donors (Lipinski definition) is 0. The molecule has 0 radical (unpaired) electrons. The zero-order chi connectivity index (χ0) is 17.3. The molecule has 2 aliphatic heterocycles. The van der Waals surface area contributed by atoms with Crippen molar-refractivity contribution in [2.24, 2.45) is 0 Å². The summed E-state index contributed by atoms with van der Waals surface area (Å²) >= 11 is 0. The Morgan fingerprint density at radius 3 is 2.79 bits per heavy atom. The van der Waals surface area contributed by atoms with Gasteiger partial charge < -0.3 is 4.90 Å². The van der Waals surface area contributed by atoms with Crippen LogP contribution in [0.15, 0.2) is 6.20 Å². The molecule has 1 aromatic rings. The highest BCUT2D eigenvalue weighted by Gasteiger charge is 2.30. The first-order chi connectivity index (χ1) is 11.4.